The molecule has 18 heavy (non-hydrogen) atoms. The number of piperidine rings is 1. The molecular formula is C15H33N3. The van der Waals surface area contributed by atoms with E-state index < -0.39 is 0 Å². The third-order valence-electron chi connectivity index (χ3n) is 3.90. The van der Waals surface area contributed by atoms with E-state index in [2.05, 4.69) is 50.0 Å². The molecule has 0 aliphatic carbocycles. The molecule has 0 aromatic rings. The van der Waals surface area contributed by atoms with Crippen LogP contribution in [0.5, 0.6) is 0 Å². The monoisotopic (exact) mass is 255 g/mol. The molecule has 108 valence electrons. The second kappa shape index (κ2) is 8.13. The van der Waals surface area contributed by atoms with Gasteiger partial charge in [0.1, 0.15) is 0 Å². The summed E-state index contributed by atoms with van der Waals surface area (Å²) in [4.78, 5) is 5.02. The van der Waals surface area contributed by atoms with E-state index in [4.69, 9.17) is 0 Å². The SMILES string of the molecule is CC(C)CNCC(C)CN1CCC(N(C)C)CC1. The molecule has 0 aromatic heterocycles. The standard InChI is InChI=1S/C15H33N3/c1-13(2)10-16-11-14(3)12-18-8-6-15(7-9-18)17(4)5/h13-16H,6-12H2,1-5H3. The van der Waals surface area contributed by atoms with Crippen LogP contribution in [0.3, 0.4) is 0 Å². The highest BCUT2D eigenvalue weighted by Crippen LogP contribution is 2.15. The summed E-state index contributed by atoms with van der Waals surface area (Å²) in [5.74, 6) is 1.52. The maximum atomic E-state index is 3.57. The normalized spacial score (nSPS) is 20.8. The Bertz CT molecular complexity index is 208. The minimum atomic E-state index is 0.757. The summed E-state index contributed by atoms with van der Waals surface area (Å²) in [5, 5.41) is 3.57. The molecule has 1 saturated heterocycles. The van der Waals surface area contributed by atoms with Crippen molar-refractivity contribution in [1.29, 1.82) is 0 Å². The van der Waals surface area contributed by atoms with E-state index >= 15 is 0 Å². The largest absolute Gasteiger partial charge is 0.316 e. The lowest BCUT2D eigenvalue weighted by Crippen LogP contribution is -2.44. The van der Waals surface area contributed by atoms with Crippen molar-refractivity contribution in [2.45, 2.75) is 39.7 Å². The van der Waals surface area contributed by atoms with Crippen molar-refractivity contribution in [3.63, 3.8) is 0 Å². The van der Waals surface area contributed by atoms with Crippen molar-refractivity contribution in [3.05, 3.63) is 0 Å². The molecular weight excluding hydrogens is 222 g/mol. The van der Waals surface area contributed by atoms with Gasteiger partial charge in [-0.25, -0.2) is 0 Å². The van der Waals surface area contributed by atoms with Crippen LogP contribution in [0.15, 0.2) is 0 Å². The Morgan fingerprint density at radius 1 is 1.11 bits per heavy atom. The van der Waals surface area contributed by atoms with Gasteiger partial charge in [0.2, 0.25) is 0 Å². The second-order valence-electron chi connectivity index (χ2n) is 6.65. The van der Waals surface area contributed by atoms with Crippen molar-refractivity contribution in [2.75, 3.05) is 46.8 Å². The maximum absolute atomic E-state index is 3.57. The lowest BCUT2D eigenvalue weighted by molar-refractivity contribution is 0.132. The lowest BCUT2D eigenvalue weighted by Gasteiger charge is -2.36. The molecule has 0 saturated carbocycles. The summed E-state index contributed by atoms with van der Waals surface area (Å²) in [7, 11) is 4.41. The predicted molar refractivity (Wildman–Crippen MR) is 80.0 cm³/mol. The molecule has 1 aliphatic heterocycles. The first-order chi connectivity index (χ1) is 8.49. The lowest BCUT2D eigenvalue weighted by atomic mass is 10.0. The van der Waals surface area contributed by atoms with E-state index in [1.165, 1.54) is 32.5 Å². The Morgan fingerprint density at radius 2 is 1.72 bits per heavy atom. The summed E-state index contributed by atoms with van der Waals surface area (Å²) in [5.41, 5.74) is 0. The fourth-order valence-electron chi connectivity index (χ4n) is 2.74. The predicted octanol–water partition coefficient (Wildman–Crippen LogP) is 1.89. The van der Waals surface area contributed by atoms with Crippen LogP contribution in [0.25, 0.3) is 0 Å². The smallest absolute Gasteiger partial charge is 0.0113 e. The Balaban J connectivity index is 2.12. The Labute approximate surface area is 114 Å². The first kappa shape index (κ1) is 15.9. The zero-order valence-electron chi connectivity index (χ0n) is 13.1. The zero-order valence-corrected chi connectivity index (χ0v) is 13.1. The van der Waals surface area contributed by atoms with Crippen LogP contribution in [0.2, 0.25) is 0 Å². The minimum absolute atomic E-state index is 0.757. The first-order valence-corrected chi connectivity index (χ1v) is 7.58. The van der Waals surface area contributed by atoms with Gasteiger partial charge in [-0.3, -0.25) is 0 Å². The third kappa shape index (κ3) is 6.17. The zero-order chi connectivity index (χ0) is 13.5. The Kier molecular flexibility index (Phi) is 7.20. The molecule has 3 nitrogen and oxygen atoms in total. The number of nitrogens with one attached hydrogen (secondary N) is 1. The van der Waals surface area contributed by atoms with Crippen molar-refractivity contribution in [3.8, 4) is 0 Å². The van der Waals surface area contributed by atoms with E-state index in [0.29, 0.717) is 0 Å². The molecule has 1 unspecified atom stereocenters. The summed E-state index contributed by atoms with van der Waals surface area (Å²) in [6.07, 6.45) is 2.66. The van der Waals surface area contributed by atoms with E-state index in [9.17, 15) is 0 Å². The Hall–Kier alpha value is -0.120. The number of nitrogens with zero attached hydrogens (tertiary/aromatic N) is 2. The van der Waals surface area contributed by atoms with Gasteiger partial charge >= 0.3 is 0 Å². The van der Waals surface area contributed by atoms with E-state index in [1.54, 1.807) is 0 Å². The Morgan fingerprint density at radius 3 is 2.22 bits per heavy atom. The molecule has 3 heteroatoms. The molecule has 1 N–H and O–H groups in total. The van der Waals surface area contributed by atoms with Crippen molar-refractivity contribution >= 4 is 0 Å². The second-order valence-corrected chi connectivity index (χ2v) is 6.65. The molecule has 0 spiro atoms. The van der Waals surface area contributed by atoms with Crippen LogP contribution in [-0.4, -0.2) is 62.7 Å². The average Bonchev–Trinajstić information content (AvgIpc) is 2.29. The summed E-state index contributed by atoms with van der Waals surface area (Å²) >= 11 is 0. The van der Waals surface area contributed by atoms with E-state index in [1.807, 2.05) is 0 Å². The van der Waals surface area contributed by atoms with Crippen LogP contribution in [-0.2, 0) is 0 Å². The summed E-state index contributed by atoms with van der Waals surface area (Å²) in [6.45, 7) is 13.0. The molecule has 1 atom stereocenters. The van der Waals surface area contributed by atoms with Crippen LogP contribution in [0.1, 0.15) is 33.6 Å². The number of rotatable bonds is 7. The molecule has 1 fully saturated rings. The molecule has 1 rings (SSSR count). The van der Waals surface area contributed by atoms with E-state index in [0.717, 1.165) is 31.0 Å². The highest BCUT2D eigenvalue weighted by molar-refractivity contribution is 4.78. The number of hydrogen-bond donors (Lipinski definition) is 1. The van der Waals surface area contributed by atoms with Crippen LogP contribution >= 0.6 is 0 Å². The molecule has 0 bridgehead atoms. The molecule has 1 heterocycles. The summed E-state index contributed by atoms with van der Waals surface area (Å²) < 4.78 is 0. The van der Waals surface area contributed by atoms with Gasteiger partial charge in [0.15, 0.2) is 0 Å². The highest BCUT2D eigenvalue weighted by atomic mass is 15.2. The molecule has 0 aromatic carbocycles. The third-order valence-corrected chi connectivity index (χ3v) is 3.90. The number of likely N-dealkylation sites (tertiary alicyclic amines) is 1. The van der Waals surface area contributed by atoms with Gasteiger partial charge in [0, 0.05) is 12.6 Å². The van der Waals surface area contributed by atoms with Crippen molar-refractivity contribution in [2.24, 2.45) is 11.8 Å². The fourth-order valence-corrected chi connectivity index (χ4v) is 2.74. The van der Waals surface area contributed by atoms with Crippen LogP contribution in [0, 0.1) is 11.8 Å². The quantitative estimate of drug-likeness (QED) is 0.749. The van der Waals surface area contributed by atoms with Gasteiger partial charge in [0.25, 0.3) is 0 Å². The van der Waals surface area contributed by atoms with Gasteiger partial charge < -0.3 is 15.1 Å². The molecule has 0 radical (unpaired) electrons. The average molecular weight is 255 g/mol. The number of hydrogen-bond acceptors (Lipinski definition) is 3. The topological polar surface area (TPSA) is 18.5 Å². The van der Waals surface area contributed by atoms with Gasteiger partial charge in [-0.1, -0.05) is 20.8 Å². The van der Waals surface area contributed by atoms with E-state index in [-0.39, 0.29) is 0 Å². The highest BCUT2D eigenvalue weighted by Gasteiger charge is 2.21. The van der Waals surface area contributed by atoms with Gasteiger partial charge in [-0.05, 0) is 65.0 Å². The first-order valence-electron chi connectivity index (χ1n) is 7.58. The maximum Gasteiger partial charge on any atom is 0.0113 e. The van der Waals surface area contributed by atoms with Gasteiger partial charge in [-0.2, -0.15) is 0 Å². The van der Waals surface area contributed by atoms with Gasteiger partial charge in [-0.15, -0.1) is 0 Å². The molecule has 1 aliphatic rings. The van der Waals surface area contributed by atoms with Gasteiger partial charge in [0.05, 0.1) is 0 Å². The van der Waals surface area contributed by atoms with Crippen LogP contribution in [0.4, 0.5) is 0 Å². The molecule has 0 amide bonds. The van der Waals surface area contributed by atoms with Crippen molar-refractivity contribution < 1.29 is 0 Å². The fraction of sp³-hybridized carbons (Fsp3) is 1.00. The summed E-state index contributed by atoms with van der Waals surface area (Å²) in [6, 6.07) is 0.802. The van der Waals surface area contributed by atoms with Crippen molar-refractivity contribution in [1.82, 2.24) is 15.1 Å². The van der Waals surface area contributed by atoms with Crippen LogP contribution < -0.4 is 5.32 Å². The minimum Gasteiger partial charge on any atom is -0.316 e.